The number of likely N-dealkylation sites (tertiary alicyclic amines) is 1. The number of tetrazole rings is 1. The molecule has 9 heteroatoms. The maximum Gasteiger partial charge on any atom is 0.407 e. The van der Waals surface area contributed by atoms with E-state index < -0.39 is 6.09 Å². The fraction of sp³-hybridized carbons (Fsp3) is 0.429. The fourth-order valence-corrected chi connectivity index (χ4v) is 2.40. The van der Waals surface area contributed by atoms with Gasteiger partial charge >= 0.3 is 6.09 Å². The number of carbonyl (C=O) groups is 1. The molecular formula is C14H18N6O3. The predicted molar refractivity (Wildman–Crippen MR) is 80.1 cm³/mol. The van der Waals surface area contributed by atoms with Gasteiger partial charge in [-0.3, -0.25) is 0 Å². The average Bonchev–Trinajstić information content (AvgIpc) is 2.95. The molecule has 1 aliphatic rings. The largest absolute Gasteiger partial charge is 0.497 e. The normalized spacial score (nSPS) is 16.0. The van der Waals surface area contributed by atoms with Gasteiger partial charge < -0.3 is 20.5 Å². The molecule has 0 saturated carbocycles. The third kappa shape index (κ3) is 3.24. The average molecular weight is 318 g/mol. The van der Waals surface area contributed by atoms with Crippen LogP contribution in [0.15, 0.2) is 24.3 Å². The first-order valence-electron chi connectivity index (χ1n) is 7.22. The molecule has 1 amide bonds. The lowest BCUT2D eigenvalue weighted by Gasteiger charge is -2.35. The summed E-state index contributed by atoms with van der Waals surface area (Å²) in [7, 11) is 1.62. The van der Waals surface area contributed by atoms with Gasteiger partial charge in [-0.2, -0.15) is 4.80 Å². The van der Waals surface area contributed by atoms with E-state index in [0.717, 1.165) is 11.3 Å². The Kier molecular flexibility index (Phi) is 4.11. The van der Waals surface area contributed by atoms with Crippen LogP contribution in [0.2, 0.25) is 0 Å². The highest BCUT2D eigenvalue weighted by Gasteiger charge is 2.33. The third-order valence-corrected chi connectivity index (χ3v) is 3.85. The molecule has 0 radical (unpaired) electrons. The van der Waals surface area contributed by atoms with Crippen molar-refractivity contribution < 1.29 is 14.6 Å². The second kappa shape index (κ2) is 6.21. The van der Waals surface area contributed by atoms with Crippen LogP contribution in [-0.2, 0) is 6.42 Å². The van der Waals surface area contributed by atoms with E-state index in [1.54, 1.807) is 7.11 Å². The van der Waals surface area contributed by atoms with Gasteiger partial charge in [0.25, 0.3) is 0 Å². The number of benzene rings is 1. The summed E-state index contributed by atoms with van der Waals surface area (Å²) in [6.45, 7) is 0.748. The summed E-state index contributed by atoms with van der Waals surface area (Å²) < 4.78 is 5.12. The molecule has 23 heavy (non-hydrogen) atoms. The standard InChI is InChI=1S/C14H18N6O3/c1-23-11-4-2-9(3-5-11)6-12(15)13-16-18-20(17-13)10-7-19(8-10)14(21)22/h2-5,10,12H,6-8,15H2,1H3,(H,21,22). The van der Waals surface area contributed by atoms with E-state index in [4.69, 9.17) is 15.6 Å². The number of ether oxygens (including phenoxy) is 1. The predicted octanol–water partition coefficient (Wildman–Crippen LogP) is 0.459. The van der Waals surface area contributed by atoms with Crippen molar-refractivity contribution in [3.05, 3.63) is 35.7 Å². The second-order valence-corrected chi connectivity index (χ2v) is 5.47. The van der Waals surface area contributed by atoms with Gasteiger partial charge in [0.05, 0.1) is 26.2 Å². The van der Waals surface area contributed by atoms with Crippen LogP contribution in [0.1, 0.15) is 23.5 Å². The summed E-state index contributed by atoms with van der Waals surface area (Å²) >= 11 is 0. The Balaban J connectivity index is 1.60. The topological polar surface area (TPSA) is 119 Å². The van der Waals surface area contributed by atoms with Crippen LogP contribution in [0.3, 0.4) is 0 Å². The van der Waals surface area contributed by atoms with Crippen molar-refractivity contribution in [3.8, 4) is 5.75 Å². The number of nitrogens with two attached hydrogens (primary N) is 1. The first-order chi connectivity index (χ1) is 11.1. The van der Waals surface area contributed by atoms with Crippen molar-refractivity contribution in [2.24, 2.45) is 5.73 Å². The van der Waals surface area contributed by atoms with Crippen molar-refractivity contribution in [2.75, 3.05) is 20.2 Å². The molecule has 3 rings (SSSR count). The Hall–Kier alpha value is -2.68. The molecule has 1 atom stereocenters. The highest BCUT2D eigenvalue weighted by atomic mass is 16.5. The Morgan fingerprint density at radius 1 is 1.43 bits per heavy atom. The number of carboxylic acid groups (broad SMARTS) is 1. The maximum atomic E-state index is 10.8. The van der Waals surface area contributed by atoms with Crippen LogP contribution in [0.4, 0.5) is 4.79 Å². The molecule has 1 fully saturated rings. The van der Waals surface area contributed by atoms with Crippen LogP contribution in [0.25, 0.3) is 0 Å². The van der Waals surface area contributed by atoms with Crippen LogP contribution in [0.5, 0.6) is 5.75 Å². The molecule has 2 heterocycles. The van der Waals surface area contributed by atoms with E-state index in [9.17, 15) is 4.79 Å². The number of methoxy groups -OCH3 is 1. The highest BCUT2D eigenvalue weighted by molar-refractivity contribution is 5.66. The molecule has 0 bridgehead atoms. The van der Waals surface area contributed by atoms with E-state index in [1.165, 1.54) is 9.70 Å². The summed E-state index contributed by atoms with van der Waals surface area (Å²) in [5.74, 6) is 1.24. The fourth-order valence-electron chi connectivity index (χ4n) is 2.40. The number of amides is 1. The third-order valence-electron chi connectivity index (χ3n) is 3.85. The molecule has 0 aliphatic carbocycles. The maximum absolute atomic E-state index is 10.8. The zero-order valence-electron chi connectivity index (χ0n) is 12.7. The lowest BCUT2D eigenvalue weighted by molar-refractivity contribution is 0.0748. The minimum atomic E-state index is -0.933. The summed E-state index contributed by atoms with van der Waals surface area (Å²) in [5, 5.41) is 21.1. The Morgan fingerprint density at radius 3 is 2.74 bits per heavy atom. The monoisotopic (exact) mass is 318 g/mol. The van der Waals surface area contributed by atoms with Crippen molar-refractivity contribution >= 4 is 6.09 Å². The summed E-state index contributed by atoms with van der Waals surface area (Å²) in [4.78, 5) is 13.5. The minimum Gasteiger partial charge on any atom is -0.497 e. The Bertz CT molecular complexity index is 680. The molecule has 1 saturated heterocycles. The molecule has 0 spiro atoms. The molecule has 1 aromatic heterocycles. The van der Waals surface area contributed by atoms with Crippen molar-refractivity contribution in [3.63, 3.8) is 0 Å². The molecule has 1 unspecified atom stereocenters. The zero-order valence-corrected chi connectivity index (χ0v) is 12.7. The number of aromatic nitrogens is 4. The van der Waals surface area contributed by atoms with E-state index in [0.29, 0.717) is 25.3 Å². The van der Waals surface area contributed by atoms with E-state index >= 15 is 0 Å². The molecule has 122 valence electrons. The number of rotatable bonds is 5. The van der Waals surface area contributed by atoms with Crippen LogP contribution >= 0.6 is 0 Å². The lowest BCUT2D eigenvalue weighted by Crippen LogP contribution is -2.50. The van der Waals surface area contributed by atoms with Gasteiger partial charge in [0.1, 0.15) is 11.8 Å². The highest BCUT2D eigenvalue weighted by Crippen LogP contribution is 2.20. The first-order valence-corrected chi connectivity index (χ1v) is 7.22. The zero-order chi connectivity index (χ0) is 16.4. The number of nitrogens with zero attached hydrogens (tertiary/aromatic N) is 5. The summed E-state index contributed by atoms with van der Waals surface area (Å²) in [6.07, 6.45) is -0.348. The van der Waals surface area contributed by atoms with E-state index in [1.807, 2.05) is 24.3 Å². The smallest absolute Gasteiger partial charge is 0.407 e. The number of hydrogen-bond acceptors (Lipinski definition) is 6. The molecule has 1 aliphatic heterocycles. The van der Waals surface area contributed by atoms with Crippen molar-refractivity contribution in [1.29, 1.82) is 0 Å². The van der Waals surface area contributed by atoms with Crippen LogP contribution in [-0.4, -0.2) is 56.5 Å². The van der Waals surface area contributed by atoms with Crippen molar-refractivity contribution in [2.45, 2.75) is 18.5 Å². The molecule has 3 N–H and O–H groups in total. The van der Waals surface area contributed by atoms with Gasteiger partial charge in [0.15, 0.2) is 5.82 Å². The van der Waals surface area contributed by atoms with Gasteiger partial charge in [-0.05, 0) is 29.3 Å². The quantitative estimate of drug-likeness (QED) is 0.821. The van der Waals surface area contributed by atoms with E-state index in [-0.39, 0.29) is 12.1 Å². The van der Waals surface area contributed by atoms with Crippen LogP contribution < -0.4 is 10.5 Å². The van der Waals surface area contributed by atoms with Crippen molar-refractivity contribution in [1.82, 2.24) is 25.1 Å². The molecule has 2 aromatic rings. The Labute approximate surface area is 132 Å². The minimum absolute atomic E-state index is 0.0689. The first kappa shape index (κ1) is 15.2. The summed E-state index contributed by atoms with van der Waals surface area (Å²) in [6, 6.07) is 7.20. The Morgan fingerprint density at radius 2 is 2.13 bits per heavy atom. The van der Waals surface area contributed by atoms with Gasteiger partial charge in [0, 0.05) is 0 Å². The van der Waals surface area contributed by atoms with Crippen LogP contribution in [0, 0.1) is 0 Å². The second-order valence-electron chi connectivity index (χ2n) is 5.47. The molecule has 9 nitrogen and oxygen atoms in total. The van der Waals surface area contributed by atoms with Gasteiger partial charge in [-0.1, -0.05) is 12.1 Å². The summed E-state index contributed by atoms with van der Waals surface area (Å²) in [5.41, 5.74) is 7.18. The SMILES string of the molecule is COc1ccc(CC(N)c2nnn(C3CN(C(=O)O)C3)n2)cc1. The van der Waals surface area contributed by atoms with Gasteiger partial charge in [0.2, 0.25) is 0 Å². The number of hydrogen-bond donors (Lipinski definition) is 2. The lowest BCUT2D eigenvalue weighted by atomic mass is 10.1. The van der Waals surface area contributed by atoms with E-state index in [2.05, 4.69) is 15.4 Å². The molecular weight excluding hydrogens is 300 g/mol. The molecule has 1 aromatic carbocycles. The van der Waals surface area contributed by atoms with Gasteiger partial charge in [-0.15, -0.1) is 10.2 Å². The van der Waals surface area contributed by atoms with Gasteiger partial charge in [-0.25, -0.2) is 4.79 Å².